The quantitative estimate of drug-likeness (QED) is 0.681. The van der Waals surface area contributed by atoms with Crippen LogP contribution in [0.25, 0.3) is 6.08 Å². The second-order valence-electron chi connectivity index (χ2n) is 4.96. The molecule has 0 aromatic heterocycles. The molecule has 1 aliphatic heterocycles. The molecule has 0 atom stereocenters. The summed E-state index contributed by atoms with van der Waals surface area (Å²) in [6.07, 6.45) is 1.07. The van der Waals surface area contributed by atoms with Crippen LogP contribution in [0.15, 0.2) is 54.1 Å². The van der Waals surface area contributed by atoms with Crippen LogP contribution in [0, 0.1) is 11.6 Å². The zero-order chi connectivity index (χ0) is 17.3. The van der Waals surface area contributed by atoms with E-state index in [9.17, 15) is 23.2 Å². The van der Waals surface area contributed by atoms with Crippen molar-refractivity contribution < 1.29 is 23.2 Å². The number of hydrogen-bond acceptors (Lipinski definition) is 3. The number of urea groups is 1. The smallest absolute Gasteiger partial charge is 0.273 e. The summed E-state index contributed by atoms with van der Waals surface area (Å²) >= 11 is 0. The van der Waals surface area contributed by atoms with E-state index < -0.39 is 35.1 Å². The van der Waals surface area contributed by atoms with Gasteiger partial charge in [-0.1, -0.05) is 18.2 Å². The first kappa shape index (κ1) is 15.5. The van der Waals surface area contributed by atoms with E-state index in [-0.39, 0.29) is 11.3 Å². The highest BCUT2D eigenvalue weighted by Gasteiger charge is 2.36. The Balaban J connectivity index is 2.03. The SMILES string of the molecule is O=C1NC(=O)N(c2ccc(F)cc2)C(=O)/C1=C/c1ccccc1F. The number of carbonyl (C=O) groups is 3. The number of hydrogen-bond donors (Lipinski definition) is 1. The molecule has 0 spiro atoms. The highest BCUT2D eigenvalue weighted by atomic mass is 19.1. The molecule has 1 aliphatic rings. The molecule has 0 unspecified atom stereocenters. The lowest BCUT2D eigenvalue weighted by molar-refractivity contribution is -0.122. The summed E-state index contributed by atoms with van der Waals surface area (Å²) in [6, 6.07) is 9.23. The van der Waals surface area contributed by atoms with Crippen LogP contribution in [0.5, 0.6) is 0 Å². The molecule has 1 heterocycles. The Morgan fingerprint density at radius 1 is 0.917 bits per heavy atom. The molecule has 1 N–H and O–H groups in total. The summed E-state index contributed by atoms with van der Waals surface area (Å²) in [6.45, 7) is 0. The number of barbiturate groups is 1. The predicted octanol–water partition coefficient (Wildman–Crippen LogP) is 2.63. The minimum absolute atomic E-state index is 0.0319. The second kappa shape index (κ2) is 6.04. The Hall–Kier alpha value is -3.35. The van der Waals surface area contributed by atoms with Crippen molar-refractivity contribution in [3.63, 3.8) is 0 Å². The van der Waals surface area contributed by atoms with E-state index in [1.165, 1.54) is 30.3 Å². The number of carbonyl (C=O) groups excluding carboxylic acids is 3. The van der Waals surface area contributed by atoms with E-state index in [1.54, 1.807) is 6.07 Å². The van der Waals surface area contributed by atoms with Crippen molar-refractivity contribution in [1.29, 1.82) is 0 Å². The van der Waals surface area contributed by atoms with Gasteiger partial charge >= 0.3 is 6.03 Å². The van der Waals surface area contributed by atoms with Gasteiger partial charge in [0.25, 0.3) is 11.8 Å². The van der Waals surface area contributed by atoms with E-state index in [2.05, 4.69) is 0 Å². The molecule has 3 rings (SSSR count). The highest BCUT2D eigenvalue weighted by Crippen LogP contribution is 2.22. The fourth-order valence-electron chi connectivity index (χ4n) is 2.23. The third-order valence-electron chi connectivity index (χ3n) is 3.39. The average molecular weight is 328 g/mol. The summed E-state index contributed by atoms with van der Waals surface area (Å²) in [4.78, 5) is 37.1. The van der Waals surface area contributed by atoms with Crippen LogP contribution in [0.4, 0.5) is 19.3 Å². The first-order valence-corrected chi connectivity index (χ1v) is 6.89. The number of nitrogens with one attached hydrogen (secondary N) is 1. The summed E-state index contributed by atoms with van der Waals surface area (Å²) in [5.74, 6) is -3.00. The van der Waals surface area contributed by atoms with Crippen LogP contribution in [-0.2, 0) is 9.59 Å². The number of amides is 4. The van der Waals surface area contributed by atoms with E-state index in [1.807, 2.05) is 5.32 Å². The van der Waals surface area contributed by atoms with Crippen LogP contribution in [0.1, 0.15) is 5.56 Å². The Labute approximate surface area is 135 Å². The Bertz CT molecular complexity index is 876. The third-order valence-corrected chi connectivity index (χ3v) is 3.39. The van der Waals surface area contributed by atoms with Crippen molar-refractivity contribution >= 4 is 29.6 Å². The van der Waals surface area contributed by atoms with Crippen molar-refractivity contribution in [3.8, 4) is 0 Å². The van der Waals surface area contributed by atoms with Crippen molar-refractivity contribution in [2.45, 2.75) is 0 Å². The number of benzene rings is 2. The maximum absolute atomic E-state index is 13.7. The molecule has 2 aromatic rings. The molecule has 1 saturated heterocycles. The monoisotopic (exact) mass is 328 g/mol. The van der Waals surface area contributed by atoms with Gasteiger partial charge in [0.2, 0.25) is 0 Å². The topological polar surface area (TPSA) is 66.5 Å². The minimum atomic E-state index is -0.956. The fraction of sp³-hybridized carbons (Fsp3) is 0. The van der Waals surface area contributed by atoms with Gasteiger partial charge < -0.3 is 0 Å². The van der Waals surface area contributed by atoms with Crippen molar-refractivity contribution in [2.24, 2.45) is 0 Å². The summed E-state index contributed by atoms with van der Waals surface area (Å²) in [7, 11) is 0. The van der Waals surface area contributed by atoms with Crippen LogP contribution in [-0.4, -0.2) is 17.8 Å². The van der Waals surface area contributed by atoms with E-state index in [0.717, 1.165) is 18.2 Å². The number of anilines is 1. The molecule has 5 nitrogen and oxygen atoms in total. The first-order chi connectivity index (χ1) is 11.5. The van der Waals surface area contributed by atoms with Crippen LogP contribution in [0.2, 0.25) is 0 Å². The van der Waals surface area contributed by atoms with Gasteiger partial charge in [-0.05, 0) is 36.4 Å². The fourth-order valence-corrected chi connectivity index (χ4v) is 2.23. The molecule has 4 amide bonds. The lowest BCUT2D eigenvalue weighted by Crippen LogP contribution is -2.54. The summed E-state index contributed by atoms with van der Waals surface area (Å²) in [5, 5.41) is 2.01. The molecule has 0 bridgehead atoms. The van der Waals surface area contributed by atoms with Gasteiger partial charge in [0.05, 0.1) is 5.69 Å². The zero-order valence-corrected chi connectivity index (χ0v) is 12.1. The standard InChI is InChI=1S/C17H10F2N2O3/c18-11-5-7-12(8-6-11)21-16(23)13(15(22)20-17(21)24)9-10-3-1-2-4-14(10)19/h1-9H,(H,20,22,24)/b13-9+. The van der Waals surface area contributed by atoms with E-state index in [4.69, 9.17) is 0 Å². The molecule has 24 heavy (non-hydrogen) atoms. The summed E-state index contributed by atoms with van der Waals surface area (Å²) < 4.78 is 26.7. The van der Waals surface area contributed by atoms with Crippen molar-refractivity contribution in [3.05, 3.63) is 71.3 Å². The molecule has 2 aromatic carbocycles. The molecule has 0 saturated carbocycles. The number of nitrogens with zero attached hydrogens (tertiary/aromatic N) is 1. The predicted molar refractivity (Wildman–Crippen MR) is 81.8 cm³/mol. The molecule has 1 fully saturated rings. The third kappa shape index (κ3) is 2.79. The Kier molecular flexibility index (Phi) is 3.91. The lowest BCUT2D eigenvalue weighted by atomic mass is 10.1. The highest BCUT2D eigenvalue weighted by molar-refractivity contribution is 6.39. The largest absolute Gasteiger partial charge is 0.335 e. The van der Waals surface area contributed by atoms with Crippen molar-refractivity contribution in [1.82, 2.24) is 5.32 Å². The molecule has 7 heteroatoms. The number of imide groups is 2. The van der Waals surface area contributed by atoms with Gasteiger partial charge in [0.15, 0.2) is 0 Å². The van der Waals surface area contributed by atoms with Gasteiger partial charge in [-0.15, -0.1) is 0 Å². The molecule has 0 radical (unpaired) electrons. The number of halogens is 2. The molecular weight excluding hydrogens is 318 g/mol. The average Bonchev–Trinajstić information content (AvgIpc) is 2.54. The normalized spacial score (nSPS) is 16.5. The Morgan fingerprint density at radius 3 is 2.25 bits per heavy atom. The molecule has 120 valence electrons. The van der Waals surface area contributed by atoms with Gasteiger partial charge in [-0.25, -0.2) is 18.5 Å². The zero-order valence-electron chi connectivity index (χ0n) is 12.1. The van der Waals surface area contributed by atoms with Gasteiger partial charge in [-0.3, -0.25) is 14.9 Å². The van der Waals surface area contributed by atoms with Gasteiger partial charge in [0, 0.05) is 5.56 Å². The van der Waals surface area contributed by atoms with Crippen molar-refractivity contribution in [2.75, 3.05) is 4.90 Å². The van der Waals surface area contributed by atoms with E-state index in [0.29, 0.717) is 4.90 Å². The number of rotatable bonds is 2. The van der Waals surface area contributed by atoms with Gasteiger partial charge in [-0.2, -0.15) is 0 Å². The molecular formula is C17H10F2N2O3. The Morgan fingerprint density at radius 2 is 1.58 bits per heavy atom. The lowest BCUT2D eigenvalue weighted by Gasteiger charge is -2.26. The minimum Gasteiger partial charge on any atom is -0.273 e. The summed E-state index contributed by atoms with van der Waals surface area (Å²) in [5.41, 5.74) is -0.278. The maximum Gasteiger partial charge on any atom is 0.335 e. The maximum atomic E-state index is 13.7. The van der Waals surface area contributed by atoms with Crippen LogP contribution >= 0.6 is 0 Å². The van der Waals surface area contributed by atoms with Crippen LogP contribution in [0.3, 0.4) is 0 Å². The first-order valence-electron chi connectivity index (χ1n) is 6.89. The van der Waals surface area contributed by atoms with Gasteiger partial charge in [0.1, 0.15) is 17.2 Å². The molecule has 0 aliphatic carbocycles. The van der Waals surface area contributed by atoms with E-state index >= 15 is 0 Å². The second-order valence-corrected chi connectivity index (χ2v) is 4.96. The van der Waals surface area contributed by atoms with Crippen LogP contribution < -0.4 is 10.2 Å².